The number of amides is 1. The molecule has 1 aliphatic heterocycles. The Bertz CT molecular complexity index is 1110. The number of likely N-dealkylation sites (tertiary alicyclic amines) is 1. The van der Waals surface area contributed by atoms with Crippen molar-refractivity contribution in [3.05, 3.63) is 76.3 Å². The molecule has 1 aliphatic rings. The van der Waals surface area contributed by atoms with Crippen molar-refractivity contribution in [1.82, 2.24) is 19.8 Å². The summed E-state index contributed by atoms with van der Waals surface area (Å²) >= 11 is 0. The number of nitrogens with zero attached hydrogens (tertiary/aromatic N) is 3. The molecule has 0 bridgehead atoms. The Kier molecular flexibility index (Phi) is 6.77. The standard InChI is InChI=1S/C25H30N4O2/c1-19-7-2-3-8-21(19)20-12-15-28(17-20)16-13-26-24(30)11-6-14-29-18-27-23-10-5-4-9-22(23)25(29)31/h2-5,7-10,18,20H,6,11-17H2,1H3,(H,26,30). The van der Waals surface area contributed by atoms with E-state index in [-0.39, 0.29) is 11.5 Å². The molecule has 31 heavy (non-hydrogen) atoms. The van der Waals surface area contributed by atoms with Crippen LogP contribution in [0.5, 0.6) is 0 Å². The van der Waals surface area contributed by atoms with Crippen molar-refractivity contribution in [2.45, 2.75) is 38.6 Å². The van der Waals surface area contributed by atoms with Gasteiger partial charge in [-0.3, -0.25) is 14.2 Å². The van der Waals surface area contributed by atoms with Crippen LogP contribution in [0.15, 0.2) is 59.7 Å². The quantitative estimate of drug-likeness (QED) is 0.610. The molecule has 4 rings (SSSR count). The van der Waals surface area contributed by atoms with Gasteiger partial charge in [0.2, 0.25) is 5.91 Å². The second-order valence-electron chi connectivity index (χ2n) is 8.36. The van der Waals surface area contributed by atoms with Crippen LogP contribution in [0.2, 0.25) is 0 Å². The summed E-state index contributed by atoms with van der Waals surface area (Å²) < 4.78 is 1.59. The van der Waals surface area contributed by atoms with Gasteiger partial charge >= 0.3 is 0 Å². The van der Waals surface area contributed by atoms with Gasteiger partial charge in [-0.2, -0.15) is 0 Å². The molecule has 0 saturated carbocycles. The van der Waals surface area contributed by atoms with Crippen molar-refractivity contribution in [3.63, 3.8) is 0 Å². The lowest BCUT2D eigenvalue weighted by molar-refractivity contribution is -0.121. The lowest BCUT2D eigenvalue weighted by Gasteiger charge is -2.17. The zero-order chi connectivity index (χ0) is 21.6. The van der Waals surface area contributed by atoms with Crippen LogP contribution >= 0.6 is 0 Å². The molecule has 1 saturated heterocycles. The number of benzene rings is 2. The predicted octanol–water partition coefficient (Wildman–Crippen LogP) is 3.09. The van der Waals surface area contributed by atoms with Gasteiger partial charge in [-0.1, -0.05) is 36.4 Å². The fourth-order valence-electron chi connectivity index (χ4n) is 4.45. The van der Waals surface area contributed by atoms with E-state index in [0.717, 1.165) is 19.6 Å². The van der Waals surface area contributed by atoms with Gasteiger partial charge < -0.3 is 10.2 Å². The first-order valence-corrected chi connectivity index (χ1v) is 11.1. The molecular formula is C25H30N4O2. The second-order valence-corrected chi connectivity index (χ2v) is 8.36. The zero-order valence-corrected chi connectivity index (χ0v) is 18.1. The molecule has 2 heterocycles. The molecule has 1 aromatic heterocycles. The molecule has 0 radical (unpaired) electrons. The van der Waals surface area contributed by atoms with Gasteiger partial charge in [0.05, 0.1) is 17.2 Å². The summed E-state index contributed by atoms with van der Waals surface area (Å²) in [5, 5.41) is 3.64. The third-order valence-corrected chi connectivity index (χ3v) is 6.19. The fourth-order valence-corrected chi connectivity index (χ4v) is 4.45. The molecule has 1 N–H and O–H groups in total. The van der Waals surface area contributed by atoms with Gasteiger partial charge in [0.25, 0.3) is 5.56 Å². The Labute approximate surface area is 182 Å². The summed E-state index contributed by atoms with van der Waals surface area (Å²) in [6.45, 7) is 6.35. The lowest BCUT2D eigenvalue weighted by atomic mass is 9.94. The number of hydrogen-bond acceptors (Lipinski definition) is 4. The lowest BCUT2D eigenvalue weighted by Crippen LogP contribution is -2.34. The van der Waals surface area contributed by atoms with Crippen LogP contribution in [-0.4, -0.2) is 46.5 Å². The van der Waals surface area contributed by atoms with E-state index in [1.165, 1.54) is 17.5 Å². The maximum atomic E-state index is 12.5. The Morgan fingerprint density at radius 2 is 1.94 bits per heavy atom. The summed E-state index contributed by atoms with van der Waals surface area (Å²) in [5.74, 6) is 0.627. The minimum Gasteiger partial charge on any atom is -0.355 e. The fraction of sp³-hybridized carbons (Fsp3) is 0.400. The number of fused-ring (bicyclic) bond motifs is 1. The van der Waals surface area contributed by atoms with Crippen molar-refractivity contribution in [1.29, 1.82) is 0 Å². The van der Waals surface area contributed by atoms with Crippen LogP contribution in [0.4, 0.5) is 0 Å². The van der Waals surface area contributed by atoms with E-state index in [1.807, 2.05) is 18.2 Å². The van der Waals surface area contributed by atoms with Gasteiger partial charge in [-0.25, -0.2) is 4.98 Å². The largest absolute Gasteiger partial charge is 0.355 e. The average Bonchev–Trinajstić information content (AvgIpc) is 3.24. The Balaban J connectivity index is 1.17. The maximum Gasteiger partial charge on any atom is 0.261 e. The molecule has 6 heteroatoms. The molecule has 162 valence electrons. The van der Waals surface area contributed by atoms with Gasteiger partial charge in [0.1, 0.15) is 0 Å². The third kappa shape index (κ3) is 5.20. The summed E-state index contributed by atoms with van der Waals surface area (Å²) in [7, 11) is 0. The highest BCUT2D eigenvalue weighted by Gasteiger charge is 2.24. The highest BCUT2D eigenvalue weighted by molar-refractivity contribution is 5.77. The molecule has 0 spiro atoms. The first-order valence-electron chi connectivity index (χ1n) is 11.1. The van der Waals surface area contributed by atoms with Crippen LogP contribution in [-0.2, 0) is 11.3 Å². The number of nitrogens with one attached hydrogen (secondary N) is 1. The zero-order valence-electron chi connectivity index (χ0n) is 18.1. The molecule has 1 amide bonds. The van der Waals surface area contributed by atoms with Gasteiger partial charge in [0, 0.05) is 32.6 Å². The van der Waals surface area contributed by atoms with Crippen molar-refractivity contribution < 1.29 is 4.79 Å². The SMILES string of the molecule is Cc1ccccc1C1CCN(CCNC(=O)CCCn2cnc3ccccc3c2=O)C1. The number of carbonyl (C=O) groups excluding carboxylic acids is 1. The Morgan fingerprint density at radius 3 is 2.81 bits per heavy atom. The predicted molar refractivity (Wildman–Crippen MR) is 123 cm³/mol. The summed E-state index contributed by atoms with van der Waals surface area (Å²) in [6.07, 6.45) is 3.77. The number of hydrogen-bond donors (Lipinski definition) is 1. The molecular weight excluding hydrogens is 388 g/mol. The van der Waals surface area contributed by atoms with E-state index in [4.69, 9.17) is 0 Å². The first-order chi connectivity index (χ1) is 15.1. The second kappa shape index (κ2) is 9.88. The number of para-hydroxylation sites is 1. The normalized spacial score (nSPS) is 16.6. The van der Waals surface area contributed by atoms with Crippen molar-refractivity contribution in [2.75, 3.05) is 26.2 Å². The molecule has 0 aliphatic carbocycles. The van der Waals surface area contributed by atoms with Crippen molar-refractivity contribution in [2.24, 2.45) is 0 Å². The van der Waals surface area contributed by atoms with Crippen LogP contribution in [0.25, 0.3) is 10.9 Å². The molecule has 1 fully saturated rings. The molecule has 3 aromatic rings. The monoisotopic (exact) mass is 418 g/mol. The average molecular weight is 419 g/mol. The van der Waals surface area contributed by atoms with Crippen molar-refractivity contribution in [3.8, 4) is 0 Å². The highest BCUT2D eigenvalue weighted by Crippen LogP contribution is 2.28. The van der Waals surface area contributed by atoms with Crippen LogP contribution in [0.1, 0.15) is 36.3 Å². The topological polar surface area (TPSA) is 67.2 Å². The van der Waals surface area contributed by atoms with Gasteiger partial charge in [-0.15, -0.1) is 0 Å². The minimum absolute atomic E-state index is 0.0384. The first kappa shape index (κ1) is 21.2. The van der Waals surface area contributed by atoms with E-state index < -0.39 is 0 Å². The summed E-state index contributed by atoms with van der Waals surface area (Å²) in [5.41, 5.74) is 3.46. The molecule has 1 atom stereocenters. The third-order valence-electron chi connectivity index (χ3n) is 6.19. The van der Waals surface area contributed by atoms with E-state index in [2.05, 4.69) is 46.4 Å². The van der Waals surface area contributed by atoms with Crippen LogP contribution in [0, 0.1) is 6.92 Å². The number of aromatic nitrogens is 2. The van der Waals surface area contributed by atoms with Gasteiger partial charge in [0.15, 0.2) is 0 Å². The van der Waals surface area contributed by atoms with E-state index in [9.17, 15) is 9.59 Å². The maximum absolute atomic E-state index is 12.5. The highest BCUT2D eigenvalue weighted by atomic mass is 16.1. The Hall–Kier alpha value is -2.99. The van der Waals surface area contributed by atoms with Crippen LogP contribution < -0.4 is 10.9 Å². The number of carbonyl (C=O) groups is 1. The number of aryl methyl sites for hydroxylation is 2. The Morgan fingerprint density at radius 1 is 1.13 bits per heavy atom. The number of rotatable bonds is 8. The van der Waals surface area contributed by atoms with Gasteiger partial charge in [-0.05, 0) is 55.5 Å². The smallest absolute Gasteiger partial charge is 0.261 e. The van der Waals surface area contributed by atoms with E-state index >= 15 is 0 Å². The van der Waals surface area contributed by atoms with E-state index in [0.29, 0.717) is 42.8 Å². The molecule has 6 nitrogen and oxygen atoms in total. The molecule has 2 aromatic carbocycles. The van der Waals surface area contributed by atoms with Crippen molar-refractivity contribution >= 4 is 16.8 Å². The van der Waals surface area contributed by atoms with Crippen LogP contribution in [0.3, 0.4) is 0 Å². The summed E-state index contributed by atoms with van der Waals surface area (Å²) in [6, 6.07) is 16.0. The summed E-state index contributed by atoms with van der Waals surface area (Å²) in [4.78, 5) is 31.4. The minimum atomic E-state index is -0.0525. The molecule has 1 unspecified atom stereocenters. The van der Waals surface area contributed by atoms with E-state index in [1.54, 1.807) is 17.0 Å².